The molecule has 4 rings (SSSR count). The Morgan fingerprint density at radius 3 is 3.22 bits per heavy atom. The first-order valence-electron chi connectivity index (χ1n) is 8.08. The van der Waals surface area contributed by atoms with Gasteiger partial charge >= 0.3 is 0 Å². The predicted molar refractivity (Wildman–Crippen MR) is 86.9 cm³/mol. The van der Waals surface area contributed by atoms with E-state index in [2.05, 4.69) is 21.1 Å². The summed E-state index contributed by atoms with van der Waals surface area (Å²) in [6, 6.07) is 4.14. The van der Waals surface area contributed by atoms with Gasteiger partial charge in [-0.05, 0) is 31.4 Å². The first-order chi connectivity index (χ1) is 11.4. The number of nitrogens with one attached hydrogen (secondary N) is 1. The Kier molecular flexibility index (Phi) is 4.08. The molecular weight excluding hydrogens is 292 g/mol. The first-order valence-corrected chi connectivity index (χ1v) is 8.08. The van der Waals surface area contributed by atoms with Gasteiger partial charge in [0.1, 0.15) is 5.65 Å². The van der Waals surface area contributed by atoms with Crippen LogP contribution < -0.4 is 0 Å². The van der Waals surface area contributed by atoms with E-state index in [9.17, 15) is 0 Å². The van der Waals surface area contributed by atoms with Crippen LogP contribution in [0, 0.1) is 0 Å². The molecule has 1 atom stereocenters. The molecule has 1 N–H and O–H groups in total. The van der Waals surface area contributed by atoms with Gasteiger partial charge in [-0.15, -0.1) is 0 Å². The van der Waals surface area contributed by atoms with Gasteiger partial charge in [-0.25, -0.2) is 4.98 Å². The van der Waals surface area contributed by atoms with E-state index < -0.39 is 0 Å². The van der Waals surface area contributed by atoms with Crippen molar-refractivity contribution in [1.29, 1.82) is 0 Å². The molecule has 1 unspecified atom stereocenters. The maximum Gasteiger partial charge on any atom is 0.157 e. The minimum atomic E-state index is -0.0426. The van der Waals surface area contributed by atoms with E-state index in [0.29, 0.717) is 6.61 Å². The van der Waals surface area contributed by atoms with E-state index >= 15 is 0 Å². The Morgan fingerprint density at radius 2 is 2.30 bits per heavy atom. The Morgan fingerprint density at radius 1 is 1.30 bits per heavy atom. The van der Waals surface area contributed by atoms with Crippen LogP contribution in [0.2, 0.25) is 0 Å². The third-order valence-electron chi connectivity index (χ3n) is 4.13. The number of H-pyrrole nitrogens is 1. The first kappa shape index (κ1) is 14.4. The van der Waals surface area contributed by atoms with Crippen LogP contribution in [0.15, 0.2) is 36.9 Å². The second-order valence-corrected chi connectivity index (χ2v) is 5.80. The maximum atomic E-state index is 5.75. The van der Waals surface area contributed by atoms with E-state index in [0.717, 1.165) is 48.2 Å². The average Bonchev–Trinajstić information content (AvgIpc) is 3.24. The highest BCUT2D eigenvalue weighted by Crippen LogP contribution is 2.21. The summed E-state index contributed by atoms with van der Waals surface area (Å²) in [5, 5.41) is 5.51. The Labute approximate surface area is 134 Å². The Hall–Kier alpha value is -2.18. The van der Waals surface area contributed by atoms with Crippen molar-refractivity contribution < 1.29 is 9.47 Å². The van der Waals surface area contributed by atoms with Crippen molar-refractivity contribution in [2.45, 2.75) is 32.1 Å². The normalized spacial score (nSPS) is 18.5. The largest absolute Gasteiger partial charge is 0.353 e. The Bertz CT molecular complexity index is 774. The minimum absolute atomic E-state index is 0.0426. The van der Waals surface area contributed by atoms with Crippen molar-refractivity contribution in [2.75, 3.05) is 13.2 Å². The zero-order valence-corrected chi connectivity index (χ0v) is 12.9. The quantitative estimate of drug-likeness (QED) is 0.786. The molecule has 6 heteroatoms. The molecule has 3 aromatic rings. The number of aromatic nitrogens is 4. The molecule has 23 heavy (non-hydrogen) atoms. The van der Waals surface area contributed by atoms with Crippen LogP contribution in [0.4, 0.5) is 0 Å². The molecule has 0 radical (unpaired) electrons. The van der Waals surface area contributed by atoms with Crippen molar-refractivity contribution in [1.82, 2.24) is 19.7 Å². The van der Waals surface area contributed by atoms with Crippen molar-refractivity contribution in [2.24, 2.45) is 0 Å². The molecule has 0 bridgehead atoms. The number of aromatic amines is 1. The molecule has 1 saturated heterocycles. The van der Waals surface area contributed by atoms with Gasteiger partial charge in [0.2, 0.25) is 0 Å². The lowest BCUT2D eigenvalue weighted by molar-refractivity contribution is -0.163. The van der Waals surface area contributed by atoms with Crippen LogP contribution >= 0.6 is 0 Å². The van der Waals surface area contributed by atoms with E-state index in [1.807, 2.05) is 35.5 Å². The molecule has 120 valence electrons. The highest BCUT2D eigenvalue weighted by Gasteiger charge is 2.13. The summed E-state index contributed by atoms with van der Waals surface area (Å²) in [5.41, 5.74) is 3.04. The monoisotopic (exact) mass is 312 g/mol. The zero-order chi connectivity index (χ0) is 15.5. The molecular formula is C17H20N4O2. The van der Waals surface area contributed by atoms with Gasteiger partial charge in [-0.1, -0.05) is 0 Å². The second kappa shape index (κ2) is 6.52. The number of hydrogen-bond donors (Lipinski definition) is 1. The molecule has 0 amide bonds. The smallest absolute Gasteiger partial charge is 0.157 e. The van der Waals surface area contributed by atoms with Gasteiger partial charge in [0.05, 0.1) is 19.3 Å². The van der Waals surface area contributed by atoms with Crippen molar-refractivity contribution in [3.63, 3.8) is 0 Å². The topological polar surface area (TPSA) is 65.0 Å². The van der Waals surface area contributed by atoms with Crippen molar-refractivity contribution in [3.8, 4) is 11.1 Å². The lowest BCUT2D eigenvalue weighted by Gasteiger charge is -2.22. The number of hydrogen-bond acceptors (Lipinski definition) is 4. The number of ether oxygens (including phenoxy) is 2. The number of pyridine rings is 1. The minimum Gasteiger partial charge on any atom is -0.353 e. The van der Waals surface area contributed by atoms with E-state index in [-0.39, 0.29) is 6.29 Å². The third-order valence-corrected chi connectivity index (χ3v) is 4.13. The van der Waals surface area contributed by atoms with Crippen LogP contribution in [-0.2, 0) is 16.0 Å². The van der Waals surface area contributed by atoms with Gasteiger partial charge in [-0.2, -0.15) is 5.10 Å². The number of nitrogens with zero attached hydrogens (tertiary/aromatic N) is 3. The highest BCUT2D eigenvalue weighted by atomic mass is 16.7. The molecule has 0 aliphatic carbocycles. The average molecular weight is 312 g/mol. The predicted octanol–water partition coefficient (Wildman–Crippen LogP) is 2.97. The molecule has 6 nitrogen and oxygen atoms in total. The number of rotatable bonds is 5. The summed E-state index contributed by atoms with van der Waals surface area (Å²) in [7, 11) is 0. The van der Waals surface area contributed by atoms with Gasteiger partial charge in [-0.3, -0.25) is 4.68 Å². The van der Waals surface area contributed by atoms with Crippen LogP contribution in [-0.4, -0.2) is 39.3 Å². The van der Waals surface area contributed by atoms with Crippen molar-refractivity contribution >= 4 is 11.0 Å². The lowest BCUT2D eigenvalue weighted by Crippen LogP contribution is -2.24. The fourth-order valence-corrected chi connectivity index (χ4v) is 2.85. The van der Waals surface area contributed by atoms with Gasteiger partial charge < -0.3 is 14.5 Å². The standard InChI is InChI=1S/C17H20N4O2/c1-2-7-22-16(3-1)23-8-6-21-12-15(11-20-21)14-9-13-4-5-18-17(13)19-10-14/h4-5,9-12,16H,1-3,6-8H2,(H,18,19). The molecule has 0 spiro atoms. The number of fused-ring (bicyclic) bond motifs is 1. The summed E-state index contributed by atoms with van der Waals surface area (Å²) < 4.78 is 13.2. The molecule has 1 fully saturated rings. The van der Waals surface area contributed by atoms with Crippen LogP contribution in [0.1, 0.15) is 19.3 Å². The second-order valence-electron chi connectivity index (χ2n) is 5.80. The summed E-state index contributed by atoms with van der Waals surface area (Å²) in [6.45, 7) is 2.14. The molecule has 1 aliphatic rings. The summed E-state index contributed by atoms with van der Waals surface area (Å²) >= 11 is 0. The maximum absolute atomic E-state index is 5.75. The third kappa shape index (κ3) is 3.28. The van der Waals surface area contributed by atoms with Crippen LogP contribution in [0.25, 0.3) is 22.2 Å². The molecule has 1 aliphatic heterocycles. The van der Waals surface area contributed by atoms with Crippen molar-refractivity contribution in [3.05, 3.63) is 36.9 Å². The van der Waals surface area contributed by atoms with Crippen LogP contribution in [0.5, 0.6) is 0 Å². The zero-order valence-electron chi connectivity index (χ0n) is 12.9. The van der Waals surface area contributed by atoms with E-state index in [4.69, 9.17) is 9.47 Å². The molecule has 0 aromatic carbocycles. The Balaban J connectivity index is 1.38. The van der Waals surface area contributed by atoms with Gasteiger partial charge in [0, 0.05) is 41.7 Å². The molecule has 4 heterocycles. The van der Waals surface area contributed by atoms with Crippen LogP contribution in [0.3, 0.4) is 0 Å². The fraction of sp³-hybridized carbons (Fsp3) is 0.412. The fourth-order valence-electron chi connectivity index (χ4n) is 2.85. The lowest BCUT2D eigenvalue weighted by atomic mass is 10.1. The SMILES string of the molecule is c1cc2cc(-c3cnn(CCOC4CCCCO4)c3)cnc2[nH]1. The van der Waals surface area contributed by atoms with E-state index in [1.165, 1.54) is 6.42 Å². The molecule has 3 aromatic heterocycles. The molecule has 0 saturated carbocycles. The highest BCUT2D eigenvalue weighted by molar-refractivity contribution is 5.80. The summed E-state index contributed by atoms with van der Waals surface area (Å²) in [4.78, 5) is 7.52. The summed E-state index contributed by atoms with van der Waals surface area (Å²) in [6.07, 6.45) is 10.9. The summed E-state index contributed by atoms with van der Waals surface area (Å²) in [5.74, 6) is 0. The van der Waals surface area contributed by atoms with E-state index in [1.54, 1.807) is 0 Å². The van der Waals surface area contributed by atoms with Gasteiger partial charge in [0.25, 0.3) is 0 Å². The van der Waals surface area contributed by atoms with Gasteiger partial charge in [0.15, 0.2) is 6.29 Å².